The molecule has 3 rings (SSSR count). The highest BCUT2D eigenvalue weighted by Crippen LogP contribution is 2.23. The van der Waals surface area contributed by atoms with Crippen LogP contribution in [0.1, 0.15) is 21.8 Å². The fraction of sp³-hybridized carbons (Fsp3) is 0.200. The summed E-state index contributed by atoms with van der Waals surface area (Å²) in [5.74, 6) is 0.714. The van der Waals surface area contributed by atoms with Gasteiger partial charge in [0.25, 0.3) is 5.91 Å². The number of amides is 1. The number of aromatic nitrogens is 1. The molecule has 0 fully saturated rings. The number of benzene rings is 2. The molecule has 1 N–H and O–H groups in total. The van der Waals surface area contributed by atoms with Crippen molar-refractivity contribution >= 4 is 5.91 Å². The number of nitrogens with zero attached hydrogens (tertiary/aromatic N) is 1. The van der Waals surface area contributed by atoms with Crippen molar-refractivity contribution in [1.82, 2.24) is 10.5 Å². The Labute approximate surface area is 169 Å². The van der Waals surface area contributed by atoms with Crippen LogP contribution in [0.2, 0.25) is 0 Å². The fourth-order valence-electron chi connectivity index (χ4n) is 2.42. The van der Waals surface area contributed by atoms with Crippen LogP contribution >= 0.6 is 0 Å². The lowest BCUT2D eigenvalue weighted by Crippen LogP contribution is -2.23. The minimum atomic E-state index is -4.75. The maximum Gasteiger partial charge on any atom is 0.573 e. The zero-order valence-corrected chi connectivity index (χ0v) is 15.7. The van der Waals surface area contributed by atoms with Crippen molar-refractivity contribution in [2.24, 2.45) is 0 Å². The van der Waals surface area contributed by atoms with Crippen LogP contribution in [0, 0.1) is 0 Å². The number of rotatable bonds is 8. The van der Waals surface area contributed by atoms with Gasteiger partial charge in [-0.05, 0) is 29.8 Å². The predicted octanol–water partition coefficient (Wildman–Crippen LogP) is 4.09. The van der Waals surface area contributed by atoms with E-state index in [2.05, 4.69) is 15.2 Å². The summed E-state index contributed by atoms with van der Waals surface area (Å²) in [4.78, 5) is 12.2. The van der Waals surface area contributed by atoms with Gasteiger partial charge in [-0.1, -0.05) is 23.4 Å². The maximum absolute atomic E-state index is 12.2. The molecule has 0 radical (unpaired) electrons. The highest BCUT2D eigenvalue weighted by Gasteiger charge is 2.30. The maximum atomic E-state index is 12.2. The van der Waals surface area contributed by atoms with E-state index < -0.39 is 12.3 Å². The van der Waals surface area contributed by atoms with Crippen LogP contribution < -0.4 is 19.5 Å². The lowest BCUT2D eigenvalue weighted by Gasteiger charge is -2.09. The van der Waals surface area contributed by atoms with Crippen molar-refractivity contribution in [3.63, 3.8) is 0 Å². The highest BCUT2D eigenvalue weighted by atomic mass is 19.4. The molecule has 10 heteroatoms. The molecular weight excluding hydrogens is 405 g/mol. The lowest BCUT2D eigenvalue weighted by molar-refractivity contribution is -0.274. The molecule has 0 spiro atoms. The largest absolute Gasteiger partial charge is 0.573 e. The summed E-state index contributed by atoms with van der Waals surface area (Å²) in [6, 6.07) is 13.6. The smallest absolute Gasteiger partial charge is 0.497 e. The van der Waals surface area contributed by atoms with Gasteiger partial charge in [0.2, 0.25) is 0 Å². The molecule has 1 amide bonds. The first kappa shape index (κ1) is 21.0. The van der Waals surface area contributed by atoms with Crippen molar-refractivity contribution in [3.05, 3.63) is 71.6 Å². The van der Waals surface area contributed by atoms with E-state index in [9.17, 15) is 18.0 Å². The lowest BCUT2D eigenvalue weighted by atomic mass is 10.2. The number of carbonyl (C=O) groups excluding carboxylic acids is 1. The Kier molecular flexibility index (Phi) is 6.45. The first-order chi connectivity index (χ1) is 14.3. The average molecular weight is 422 g/mol. The SMILES string of the molecule is COc1cccc(OCc2cc(C(=O)NCc3ccc(OC(F)(F)F)cc3)no2)c1. The molecule has 158 valence electrons. The van der Waals surface area contributed by atoms with Crippen LogP contribution in [0.3, 0.4) is 0 Å². The second kappa shape index (κ2) is 9.21. The normalized spacial score (nSPS) is 11.1. The highest BCUT2D eigenvalue weighted by molar-refractivity contribution is 5.92. The molecule has 30 heavy (non-hydrogen) atoms. The van der Waals surface area contributed by atoms with Gasteiger partial charge >= 0.3 is 6.36 Å². The van der Waals surface area contributed by atoms with Crippen LogP contribution in [-0.2, 0) is 13.2 Å². The van der Waals surface area contributed by atoms with Crippen LogP contribution in [-0.4, -0.2) is 24.5 Å². The summed E-state index contributed by atoms with van der Waals surface area (Å²) in [6.45, 7) is 0.155. The Morgan fingerprint density at radius 1 is 1.07 bits per heavy atom. The second-order valence-corrected chi connectivity index (χ2v) is 6.02. The molecule has 7 nitrogen and oxygen atoms in total. The second-order valence-electron chi connectivity index (χ2n) is 6.02. The third-order valence-electron chi connectivity index (χ3n) is 3.82. The third kappa shape index (κ3) is 6.16. The molecule has 0 aliphatic heterocycles. The van der Waals surface area contributed by atoms with Gasteiger partial charge in [-0.25, -0.2) is 0 Å². The number of alkyl halides is 3. The van der Waals surface area contributed by atoms with Gasteiger partial charge in [0.15, 0.2) is 11.5 Å². The zero-order valence-electron chi connectivity index (χ0n) is 15.7. The van der Waals surface area contributed by atoms with E-state index in [0.29, 0.717) is 22.8 Å². The number of ether oxygens (including phenoxy) is 3. The first-order valence-electron chi connectivity index (χ1n) is 8.68. The molecule has 0 unspecified atom stereocenters. The molecule has 1 aromatic heterocycles. The van der Waals surface area contributed by atoms with Crippen LogP contribution in [0.25, 0.3) is 0 Å². The third-order valence-corrected chi connectivity index (χ3v) is 3.82. The number of hydrogen-bond acceptors (Lipinski definition) is 6. The Hall–Kier alpha value is -3.69. The Morgan fingerprint density at radius 3 is 2.50 bits per heavy atom. The standard InChI is InChI=1S/C20H17F3N2O5/c1-27-15-3-2-4-16(9-15)28-12-17-10-18(25-30-17)19(26)24-11-13-5-7-14(8-6-13)29-20(21,22)23/h2-10H,11-12H2,1H3,(H,24,26). The summed E-state index contributed by atoms with van der Waals surface area (Å²) in [7, 11) is 1.55. The average Bonchev–Trinajstić information content (AvgIpc) is 3.20. The van der Waals surface area contributed by atoms with Gasteiger partial charge in [-0.2, -0.15) is 0 Å². The Morgan fingerprint density at radius 2 is 1.80 bits per heavy atom. The summed E-state index contributed by atoms with van der Waals surface area (Å²) in [6.07, 6.45) is -4.75. The zero-order chi connectivity index (χ0) is 21.6. The van der Waals surface area contributed by atoms with Gasteiger partial charge in [-0.15, -0.1) is 13.2 Å². The van der Waals surface area contributed by atoms with Crippen molar-refractivity contribution in [2.75, 3.05) is 7.11 Å². The monoisotopic (exact) mass is 422 g/mol. The van der Waals surface area contributed by atoms with Crippen LogP contribution in [0.5, 0.6) is 17.2 Å². The summed E-state index contributed by atoms with van der Waals surface area (Å²) >= 11 is 0. The minimum absolute atomic E-state index is 0.0521. The van der Waals surface area contributed by atoms with Gasteiger partial charge in [0, 0.05) is 18.7 Å². The van der Waals surface area contributed by atoms with E-state index >= 15 is 0 Å². The predicted molar refractivity (Wildman–Crippen MR) is 98.1 cm³/mol. The summed E-state index contributed by atoms with van der Waals surface area (Å²) in [5, 5.41) is 6.30. The minimum Gasteiger partial charge on any atom is -0.497 e. The number of nitrogens with one attached hydrogen (secondary N) is 1. The molecule has 0 bridgehead atoms. The molecule has 3 aromatic rings. The van der Waals surface area contributed by atoms with Gasteiger partial charge in [0.1, 0.15) is 23.9 Å². The van der Waals surface area contributed by atoms with E-state index in [1.807, 2.05) is 0 Å². The van der Waals surface area contributed by atoms with Crippen molar-refractivity contribution < 1.29 is 36.7 Å². The topological polar surface area (TPSA) is 82.8 Å². The molecule has 2 aromatic carbocycles. The molecule has 0 aliphatic rings. The fourth-order valence-corrected chi connectivity index (χ4v) is 2.42. The van der Waals surface area contributed by atoms with Crippen LogP contribution in [0.4, 0.5) is 13.2 Å². The number of carbonyl (C=O) groups is 1. The molecule has 1 heterocycles. The van der Waals surface area contributed by atoms with Gasteiger partial charge in [0.05, 0.1) is 7.11 Å². The summed E-state index contributed by atoms with van der Waals surface area (Å²) < 4.78 is 56.0. The quantitative estimate of drug-likeness (QED) is 0.589. The number of halogens is 3. The van der Waals surface area contributed by atoms with E-state index in [1.165, 1.54) is 30.3 Å². The van der Waals surface area contributed by atoms with Crippen molar-refractivity contribution in [3.8, 4) is 17.2 Å². The van der Waals surface area contributed by atoms with E-state index in [-0.39, 0.29) is 24.6 Å². The number of methoxy groups -OCH3 is 1. The van der Waals surface area contributed by atoms with Gasteiger partial charge in [-0.3, -0.25) is 4.79 Å². The summed E-state index contributed by atoms with van der Waals surface area (Å²) in [5.41, 5.74) is 0.638. The van der Waals surface area contributed by atoms with Crippen molar-refractivity contribution in [1.29, 1.82) is 0 Å². The molecule has 0 aliphatic carbocycles. The molecule has 0 saturated carbocycles. The van der Waals surface area contributed by atoms with Crippen LogP contribution in [0.15, 0.2) is 59.1 Å². The molecule has 0 atom stereocenters. The van der Waals surface area contributed by atoms with E-state index in [4.69, 9.17) is 14.0 Å². The number of hydrogen-bond donors (Lipinski definition) is 1. The van der Waals surface area contributed by atoms with Crippen molar-refractivity contribution in [2.45, 2.75) is 19.5 Å². The van der Waals surface area contributed by atoms with E-state index in [1.54, 1.807) is 31.4 Å². The van der Waals surface area contributed by atoms with E-state index in [0.717, 1.165) is 0 Å². The van der Waals surface area contributed by atoms with Gasteiger partial charge < -0.3 is 24.1 Å². The Bertz CT molecular complexity index is 987. The molecule has 0 saturated heterocycles. The Balaban J connectivity index is 1.50. The molecular formula is C20H17F3N2O5. The first-order valence-corrected chi connectivity index (χ1v) is 8.68.